The molecule has 0 radical (unpaired) electrons. The summed E-state index contributed by atoms with van der Waals surface area (Å²) >= 11 is 0. The van der Waals surface area contributed by atoms with E-state index in [1.54, 1.807) is 37.6 Å². The molecule has 2 aromatic carbocycles. The molecule has 0 saturated carbocycles. The van der Waals surface area contributed by atoms with Gasteiger partial charge in [0.25, 0.3) is 5.56 Å². The molecule has 2 heterocycles. The number of ether oxygens (including phenoxy) is 3. The lowest BCUT2D eigenvalue weighted by molar-refractivity contribution is -0.121. The Morgan fingerprint density at radius 3 is 2.85 bits per heavy atom. The smallest absolute Gasteiger partial charge is 0.259 e. The second-order valence-corrected chi connectivity index (χ2v) is 6.13. The molecule has 0 bridgehead atoms. The van der Waals surface area contributed by atoms with Crippen LogP contribution in [0.5, 0.6) is 17.2 Å². The van der Waals surface area contributed by atoms with Crippen LogP contribution in [0, 0.1) is 0 Å². The molecule has 7 heteroatoms. The summed E-state index contributed by atoms with van der Waals surface area (Å²) in [6, 6.07) is 12.6. The maximum atomic E-state index is 12.6. The molecule has 1 aromatic heterocycles. The number of hydrogen-bond acceptors (Lipinski definition) is 5. The number of pyridine rings is 1. The van der Waals surface area contributed by atoms with Crippen molar-refractivity contribution in [3.63, 3.8) is 0 Å². The van der Waals surface area contributed by atoms with E-state index in [0.29, 0.717) is 29.2 Å². The van der Waals surface area contributed by atoms with Crippen molar-refractivity contribution in [2.24, 2.45) is 0 Å². The third kappa shape index (κ3) is 3.31. The van der Waals surface area contributed by atoms with Gasteiger partial charge < -0.3 is 24.1 Å². The van der Waals surface area contributed by atoms with Gasteiger partial charge in [0.05, 0.1) is 12.5 Å². The van der Waals surface area contributed by atoms with Crippen molar-refractivity contribution < 1.29 is 19.0 Å². The highest BCUT2D eigenvalue weighted by atomic mass is 16.7. The van der Waals surface area contributed by atoms with E-state index in [4.69, 9.17) is 14.2 Å². The van der Waals surface area contributed by atoms with Crippen LogP contribution in [0.4, 0.5) is 0 Å². The van der Waals surface area contributed by atoms with Crippen LogP contribution >= 0.6 is 0 Å². The van der Waals surface area contributed by atoms with Gasteiger partial charge in [-0.05, 0) is 35.9 Å². The van der Waals surface area contributed by atoms with Gasteiger partial charge in [-0.25, -0.2) is 0 Å². The predicted molar refractivity (Wildman–Crippen MR) is 99.2 cm³/mol. The number of carbonyl (C=O) groups excluding carboxylic acids is 1. The van der Waals surface area contributed by atoms with Crippen LogP contribution in [0.3, 0.4) is 0 Å². The Balaban J connectivity index is 1.46. The summed E-state index contributed by atoms with van der Waals surface area (Å²) in [4.78, 5) is 24.9. The zero-order valence-electron chi connectivity index (χ0n) is 14.7. The molecule has 0 saturated heterocycles. The molecule has 0 aliphatic carbocycles. The molecule has 1 N–H and O–H groups in total. The highest BCUT2D eigenvalue weighted by Crippen LogP contribution is 2.32. The van der Waals surface area contributed by atoms with Crippen LogP contribution in [0.2, 0.25) is 0 Å². The summed E-state index contributed by atoms with van der Waals surface area (Å²) in [6.07, 6.45) is 1.60. The number of methoxy groups -OCH3 is 1. The first kappa shape index (κ1) is 17.0. The van der Waals surface area contributed by atoms with Crippen molar-refractivity contribution in [3.05, 3.63) is 64.6 Å². The Hall–Kier alpha value is -3.48. The highest BCUT2D eigenvalue weighted by molar-refractivity contribution is 5.87. The summed E-state index contributed by atoms with van der Waals surface area (Å²) in [5.41, 5.74) is 0.660. The Kier molecular flexibility index (Phi) is 4.42. The van der Waals surface area contributed by atoms with Gasteiger partial charge in [-0.1, -0.05) is 12.1 Å². The Labute approximate surface area is 155 Å². The highest BCUT2D eigenvalue weighted by Gasteiger charge is 2.14. The molecule has 1 amide bonds. The van der Waals surface area contributed by atoms with Crippen molar-refractivity contribution in [1.29, 1.82) is 0 Å². The van der Waals surface area contributed by atoms with E-state index in [1.165, 1.54) is 4.57 Å². The number of nitrogens with zero attached hydrogens (tertiary/aromatic N) is 1. The lowest BCUT2D eigenvalue weighted by Gasteiger charge is -2.10. The van der Waals surface area contributed by atoms with E-state index in [1.807, 2.05) is 18.2 Å². The molecular weight excluding hydrogens is 348 g/mol. The Morgan fingerprint density at radius 2 is 2.00 bits per heavy atom. The van der Waals surface area contributed by atoms with Crippen LogP contribution in [0.1, 0.15) is 5.56 Å². The summed E-state index contributed by atoms with van der Waals surface area (Å²) in [5.74, 6) is 1.74. The van der Waals surface area contributed by atoms with Crippen LogP contribution in [0.25, 0.3) is 10.8 Å². The van der Waals surface area contributed by atoms with Crippen LogP contribution in [0.15, 0.2) is 53.5 Å². The van der Waals surface area contributed by atoms with Gasteiger partial charge in [-0.15, -0.1) is 0 Å². The topological polar surface area (TPSA) is 78.8 Å². The van der Waals surface area contributed by atoms with E-state index < -0.39 is 0 Å². The fraction of sp³-hybridized carbons (Fsp3) is 0.200. The lowest BCUT2D eigenvalue weighted by atomic mass is 10.1. The molecule has 138 valence electrons. The van der Waals surface area contributed by atoms with Crippen LogP contribution < -0.4 is 25.1 Å². The van der Waals surface area contributed by atoms with Crippen molar-refractivity contribution in [2.75, 3.05) is 13.9 Å². The molecule has 1 aliphatic heterocycles. The van der Waals surface area contributed by atoms with E-state index in [2.05, 4.69) is 5.32 Å². The Bertz CT molecular complexity index is 1070. The van der Waals surface area contributed by atoms with Gasteiger partial charge in [0, 0.05) is 18.1 Å². The van der Waals surface area contributed by atoms with Gasteiger partial charge in [0.1, 0.15) is 12.3 Å². The van der Waals surface area contributed by atoms with Crippen molar-refractivity contribution >= 4 is 16.7 Å². The summed E-state index contributed by atoms with van der Waals surface area (Å²) in [7, 11) is 1.56. The molecule has 0 unspecified atom stereocenters. The summed E-state index contributed by atoms with van der Waals surface area (Å²) < 4.78 is 17.3. The molecule has 0 atom stereocenters. The minimum Gasteiger partial charge on any atom is -0.496 e. The van der Waals surface area contributed by atoms with Crippen LogP contribution in [-0.4, -0.2) is 24.4 Å². The molecule has 0 fully saturated rings. The maximum absolute atomic E-state index is 12.6. The van der Waals surface area contributed by atoms with E-state index >= 15 is 0 Å². The fourth-order valence-corrected chi connectivity index (χ4v) is 3.05. The third-order valence-electron chi connectivity index (χ3n) is 4.44. The normalized spacial score (nSPS) is 12.2. The zero-order valence-corrected chi connectivity index (χ0v) is 14.7. The minimum atomic E-state index is -0.253. The van der Waals surface area contributed by atoms with E-state index in [0.717, 1.165) is 10.9 Å². The second-order valence-electron chi connectivity index (χ2n) is 6.13. The fourth-order valence-electron chi connectivity index (χ4n) is 3.05. The first-order valence-electron chi connectivity index (χ1n) is 8.47. The number of rotatable bonds is 5. The SMILES string of the molecule is COc1cccc2c(=O)n(CC(=O)NCc3ccc4c(c3)OCO4)ccc12. The molecule has 7 nitrogen and oxygen atoms in total. The van der Waals surface area contributed by atoms with Gasteiger partial charge in [0.15, 0.2) is 11.5 Å². The van der Waals surface area contributed by atoms with Gasteiger partial charge in [0.2, 0.25) is 12.7 Å². The first-order valence-corrected chi connectivity index (χ1v) is 8.47. The average Bonchev–Trinajstić information content (AvgIpc) is 3.16. The number of hydrogen-bond donors (Lipinski definition) is 1. The van der Waals surface area contributed by atoms with Gasteiger partial charge >= 0.3 is 0 Å². The quantitative estimate of drug-likeness (QED) is 0.748. The largest absolute Gasteiger partial charge is 0.496 e. The molecule has 3 aromatic rings. The van der Waals surface area contributed by atoms with Crippen molar-refractivity contribution in [2.45, 2.75) is 13.1 Å². The molecule has 1 aliphatic rings. The molecular formula is C20H18N2O5. The lowest BCUT2D eigenvalue weighted by Crippen LogP contribution is -2.31. The van der Waals surface area contributed by atoms with Crippen molar-refractivity contribution in [1.82, 2.24) is 9.88 Å². The van der Waals surface area contributed by atoms with E-state index in [-0.39, 0.29) is 24.8 Å². The molecule has 4 rings (SSSR count). The van der Waals surface area contributed by atoms with Gasteiger partial charge in [-0.3, -0.25) is 9.59 Å². The van der Waals surface area contributed by atoms with Crippen LogP contribution in [-0.2, 0) is 17.9 Å². The monoisotopic (exact) mass is 366 g/mol. The molecule has 27 heavy (non-hydrogen) atoms. The first-order chi connectivity index (χ1) is 13.2. The third-order valence-corrected chi connectivity index (χ3v) is 4.44. The minimum absolute atomic E-state index is 0.0590. The second kappa shape index (κ2) is 7.03. The summed E-state index contributed by atoms with van der Waals surface area (Å²) in [5, 5.41) is 4.06. The zero-order chi connectivity index (χ0) is 18.8. The number of nitrogens with one attached hydrogen (secondary N) is 1. The number of fused-ring (bicyclic) bond motifs is 2. The number of carbonyl (C=O) groups is 1. The predicted octanol–water partition coefficient (Wildman–Crippen LogP) is 2.06. The number of benzene rings is 2. The number of amides is 1. The maximum Gasteiger partial charge on any atom is 0.259 e. The number of aromatic nitrogens is 1. The summed E-state index contributed by atoms with van der Waals surface area (Å²) in [6.45, 7) is 0.489. The Morgan fingerprint density at radius 1 is 1.15 bits per heavy atom. The van der Waals surface area contributed by atoms with Gasteiger partial charge in [-0.2, -0.15) is 0 Å². The standard InChI is InChI=1S/C20H18N2O5/c1-25-16-4-2-3-15-14(16)7-8-22(20(15)24)11-19(23)21-10-13-5-6-17-18(9-13)27-12-26-17/h2-9H,10-12H2,1H3,(H,21,23). The van der Waals surface area contributed by atoms with E-state index in [9.17, 15) is 9.59 Å². The molecule has 0 spiro atoms. The van der Waals surface area contributed by atoms with Crippen molar-refractivity contribution in [3.8, 4) is 17.2 Å². The average molecular weight is 366 g/mol.